The molecule has 3 rings (SSSR count). The molecular weight excluding hydrogens is 326 g/mol. The highest BCUT2D eigenvalue weighted by atomic mass is 16.7. The molecule has 0 radical (unpaired) electrons. The summed E-state index contributed by atoms with van der Waals surface area (Å²) in [7, 11) is 0. The van der Waals surface area contributed by atoms with Crippen LogP contribution < -0.4 is 25.6 Å². The number of nitrogens with one attached hydrogen (secondary N) is 3. The van der Waals surface area contributed by atoms with Crippen LogP contribution in [0, 0.1) is 13.8 Å². The molecule has 9 nitrogen and oxygen atoms in total. The number of hydrogen-bond acceptors (Lipinski definition) is 7. The van der Waals surface area contributed by atoms with Crippen molar-refractivity contribution in [1.29, 1.82) is 0 Å². The number of hydrogen-bond donors (Lipinski definition) is 3. The molecule has 1 aromatic heterocycles. The van der Waals surface area contributed by atoms with E-state index in [1.165, 1.54) is 0 Å². The molecule has 1 aliphatic rings. The Labute approximate surface area is 143 Å². The summed E-state index contributed by atoms with van der Waals surface area (Å²) in [6.45, 7) is 3.58. The van der Waals surface area contributed by atoms with Gasteiger partial charge in [-0.25, -0.2) is 9.97 Å². The second-order valence-electron chi connectivity index (χ2n) is 5.40. The summed E-state index contributed by atoms with van der Waals surface area (Å²) in [6, 6.07) is 6.63. The van der Waals surface area contributed by atoms with Crippen LogP contribution in [0.3, 0.4) is 0 Å². The average Bonchev–Trinajstić information content (AvgIpc) is 3.04. The minimum atomic E-state index is -0.433. The van der Waals surface area contributed by atoms with E-state index in [1.54, 1.807) is 18.2 Å². The summed E-state index contributed by atoms with van der Waals surface area (Å²) < 4.78 is 10.4. The number of amides is 2. The molecule has 130 valence electrons. The monoisotopic (exact) mass is 343 g/mol. The Bertz CT molecular complexity index is 804. The van der Waals surface area contributed by atoms with Crippen LogP contribution >= 0.6 is 0 Å². The van der Waals surface area contributed by atoms with E-state index in [2.05, 4.69) is 26.1 Å². The minimum absolute atomic E-state index is 0.134. The maximum Gasteiger partial charge on any atom is 0.257 e. The maximum absolute atomic E-state index is 12.1. The van der Waals surface area contributed by atoms with Gasteiger partial charge in [-0.3, -0.25) is 20.4 Å². The van der Waals surface area contributed by atoms with E-state index in [1.807, 2.05) is 19.9 Å². The van der Waals surface area contributed by atoms with Gasteiger partial charge in [-0.05, 0) is 38.1 Å². The van der Waals surface area contributed by atoms with Gasteiger partial charge in [0.25, 0.3) is 11.8 Å². The van der Waals surface area contributed by atoms with Crippen LogP contribution in [-0.4, -0.2) is 35.1 Å². The Morgan fingerprint density at radius 2 is 1.80 bits per heavy atom. The van der Waals surface area contributed by atoms with Crippen molar-refractivity contribution in [2.24, 2.45) is 0 Å². The first-order valence-electron chi connectivity index (χ1n) is 7.56. The zero-order valence-corrected chi connectivity index (χ0v) is 13.8. The van der Waals surface area contributed by atoms with Crippen LogP contribution in [0.15, 0.2) is 24.3 Å². The Kier molecular flexibility index (Phi) is 4.64. The molecular formula is C16H17N5O4. The fraction of sp³-hybridized carbons (Fsp3) is 0.250. The van der Waals surface area contributed by atoms with Gasteiger partial charge >= 0.3 is 0 Å². The smallest absolute Gasteiger partial charge is 0.257 e. The van der Waals surface area contributed by atoms with Gasteiger partial charge in [0.1, 0.15) is 0 Å². The van der Waals surface area contributed by atoms with E-state index >= 15 is 0 Å². The SMILES string of the molecule is Cc1cc(C)nc(NNC(=O)CNC(=O)c2ccc3c(c2)OCO3)n1. The van der Waals surface area contributed by atoms with Gasteiger partial charge in [-0.1, -0.05) is 0 Å². The molecule has 0 bridgehead atoms. The highest BCUT2D eigenvalue weighted by molar-refractivity contribution is 5.97. The molecule has 9 heteroatoms. The molecule has 2 aromatic rings. The number of anilines is 1. The lowest BCUT2D eigenvalue weighted by Crippen LogP contribution is -2.39. The molecule has 0 aliphatic carbocycles. The van der Waals surface area contributed by atoms with E-state index in [9.17, 15) is 9.59 Å². The van der Waals surface area contributed by atoms with Crippen molar-refractivity contribution in [3.05, 3.63) is 41.2 Å². The predicted molar refractivity (Wildman–Crippen MR) is 88.2 cm³/mol. The lowest BCUT2D eigenvalue weighted by atomic mass is 10.2. The molecule has 2 amide bonds. The number of carbonyl (C=O) groups is 2. The summed E-state index contributed by atoms with van der Waals surface area (Å²) in [5.74, 6) is 0.554. The number of aromatic nitrogens is 2. The number of nitrogens with zero attached hydrogens (tertiary/aromatic N) is 2. The number of hydrazine groups is 1. The van der Waals surface area contributed by atoms with E-state index in [0.717, 1.165) is 11.4 Å². The second kappa shape index (κ2) is 7.04. The van der Waals surface area contributed by atoms with Gasteiger partial charge in [-0.2, -0.15) is 0 Å². The number of fused-ring (bicyclic) bond motifs is 1. The predicted octanol–water partition coefficient (Wildman–Crippen LogP) is 0.695. The topological polar surface area (TPSA) is 114 Å². The standard InChI is InChI=1S/C16H17N5O4/c1-9-5-10(2)19-16(18-9)21-20-14(22)7-17-15(23)11-3-4-12-13(6-11)25-8-24-12/h3-6H,7-8H2,1-2H3,(H,17,23)(H,20,22)(H,18,19,21). The van der Waals surface area contributed by atoms with Crippen molar-refractivity contribution in [2.75, 3.05) is 18.8 Å². The minimum Gasteiger partial charge on any atom is -0.454 e. The Morgan fingerprint density at radius 3 is 2.56 bits per heavy atom. The van der Waals surface area contributed by atoms with Crippen LogP contribution in [0.25, 0.3) is 0 Å². The van der Waals surface area contributed by atoms with Gasteiger partial charge < -0.3 is 14.8 Å². The van der Waals surface area contributed by atoms with Crippen LogP contribution in [0.5, 0.6) is 11.5 Å². The maximum atomic E-state index is 12.1. The third kappa shape index (κ3) is 4.14. The first-order chi connectivity index (χ1) is 12.0. The highest BCUT2D eigenvalue weighted by Crippen LogP contribution is 2.32. The van der Waals surface area contributed by atoms with Crippen molar-refractivity contribution in [3.8, 4) is 11.5 Å². The molecule has 0 spiro atoms. The third-order valence-electron chi connectivity index (χ3n) is 3.34. The molecule has 0 unspecified atom stereocenters. The Morgan fingerprint density at radius 1 is 1.08 bits per heavy atom. The average molecular weight is 343 g/mol. The van der Waals surface area contributed by atoms with E-state index in [0.29, 0.717) is 17.1 Å². The highest BCUT2D eigenvalue weighted by Gasteiger charge is 2.16. The molecule has 2 heterocycles. The first-order valence-corrected chi connectivity index (χ1v) is 7.56. The van der Waals surface area contributed by atoms with Gasteiger partial charge in [0, 0.05) is 17.0 Å². The third-order valence-corrected chi connectivity index (χ3v) is 3.34. The second-order valence-corrected chi connectivity index (χ2v) is 5.40. The van der Waals surface area contributed by atoms with Gasteiger partial charge in [0.2, 0.25) is 12.7 Å². The van der Waals surface area contributed by atoms with Crippen LogP contribution in [0.1, 0.15) is 21.7 Å². The summed E-state index contributed by atoms with van der Waals surface area (Å²) in [6.07, 6.45) is 0. The fourth-order valence-electron chi connectivity index (χ4n) is 2.25. The van der Waals surface area contributed by atoms with E-state index in [-0.39, 0.29) is 19.3 Å². The summed E-state index contributed by atoms with van der Waals surface area (Å²) in [5, 5.41) is 2.52. The van der Waals surface area contributed by atoms with Crippen LogP contribution in [0.4, 0.5) is 5.95 Å². The van der Waals surface area contributed by atoms with Gasteiger partial charge in [-0.15, -0.1) is 0 Å². The van der Waals surface area contributed by atoms with Gasteiger partial charge in [0.15, 0.2) is 11.5 Å². The van der Waals surface area contributed by atoms with Crippen molar-refractivity contribution in [2.45, 2.75) is 13.8 Å². The number of benzene rings is 1. The van der Waals surface area contributed by atoms with Crippen molar-refractivity contribution in [3.63, 3.8) is 0 Å². The summed E-state index contributed by atoms with van der Waals surface area (Å²) in [4.78, 5) is 32.2. The molecule has 3 N–H and O–H groups in total. The van der Waals surface area contributed by atoms with Crippen LogP contribution in [0.2, 0.25) is 0 Å². The van der Waals surface area contributed by atoms with Crippen molar-refractivity contribution < 1.29 is 19.1 Å². The molecule has 0 fully saturated rings. The molecule has 0 saturated carbocycles. The first kappa shape index (κ1) is 16.5. The summed E-state index contributed by atoms with van der Waals surface area (Å²) >= 11 is 0. The summed E-state index contributed by atoms with van der Waals surface area (Å²) in [5.41, 5.74) is 6.98. The number of rotatable bonds is 5. The quantitative estimate of drug-likeness (QED) is 0.685. The van der Waals surface area contributed by atoms with E-state index in [4.69, 9.17) is 9.47 Å². The zero-order valence-electron chi connectivity index (χ0n) is 13.8. The van der Waals surface area contributed by atoms with E-state index < -0.39 is 11.8 Å². The normalized spacial score (nSPS) is 11.8. The largest absolute Gasteiger partial charge is 0.454 e. The molecule has 0 saturated heterocycles. The van der Waals surface area contributed by atoms with Crippen molar-refractivity contribution >= 4 is 17.8 Å². The van der Waals surface area contributed by atoms with Gasteiger partial charge in [0.05, 0.1) is 6.54 Å². The molecule has 1 aliphatic heterocycles. The molecule has 1 aromatic carbocycles. The molecule has 0 atom stereocenters. The fourth-order valence-corrected chi connectivity index (χ4v) is 2.25. The molecule has 25 heavy (non-hydrogen) atoms. The van der Waals surface area contributed by atoms with Crippen LogP contribution in [-0.2, 0) is 4.79 Å². The number of carbonyl (C=O) groups excluding carboxylic acids is 2. The Balaban J connectivity index is 1.49. The lowest BCUT2D eigenvalue weighted by molar-refractivity contribution is -0.119. The lowest BCUT2D eigenvalue weighted by Gasteiger charge is -2.09. The number of ether oxygens (including phenoxy) is 2. The van der Waals surface area contributed by atoms with Crippen molar-refractivity contribution in [1.82, 2.24) is 20.7 Å². The zero-order chi connectivity index (χ0) is 17.8. The number of aryl methyl sites for hydroxylation is 2. The Hall–Kier alpha value is -3.36.